The minimum Gasteiger partial charge on any atom is -0.495 e. The van der Waals surface area contributed by atoms with E-state index in [0.717, 1.165) is 15.6 Å². The highest BCUT2D eigenvalue weighted by molar-refractivity contribution is 9.10. The molecule has 0 bridgehead atoms. The van der Waals surface area contributed by atoms with Crippen molar-refractivity contribution in [3.8, 4) is 11.5 Å². The van der Waals surface area contributed by atoms with Crippen LogP contribution in [0.5, 0.6) is 11.5 Å². The van der Waals surface area contributed by atoms with E-state index in [0.29, 0.717) is 22.9 Å². The van der Waals surface area contributed by atoms with Gasteiger partial charge in [0.2, 0.25) is 5.91 Å². The number of hydrogen-bond acceptors (Lipinski definition) is 5. The van der Waals surface area contributed by atoms with Crippen molar-refractivity contribution < 1.29 is 19.1 Å². The Balaban J connectivity index is 1.83. The molecule has 0 aliphatic heterocycles. The van der Waals surface area contributed by atoms with Gasteiger partial charge in [-0.25, -0.2) is 5.43 Å². The lowest BCUT2D eigenvalue weighted by molar-refractivity contribution is -0.123. The smallest absolute Gasteiger partial charge is 0.277 e. The summed E-state index contributed by atoms with van der Waals surface area (Å²) in [6, 6.07) is 11.1. The molecule has 0 atom stereocenters. The van der Waals surface area contributed by atoms with E-state index in [1.165, 1.54) is 0 Å². The van der Waals surface area contributed by atoms with Gasteiger partial charge >= 0.3 is 0 Å². The first-order chi connectivity index (χ1) is 13.8. The summed E-state index contributed by atoms with van der Waals surface area (Å²) in [4.78, 5) is 24.2. The number of benzene rings is 2. The minimum atomic E-state index is -0.419. The molecule has 0 aliphatic carbocycles. The van der Waals surface area contributed by atoms with Crippen molar-refractivity contribution in [2.24, 2.45) is 5.10 Å². The van der Waals surface area contributed by atoms with Crippen molar-refractivity contribution >= 4 is 39.1 Å². The third-order valence-electron chi connectivity index (χ3n) is 3.86. The number of methoxy groups -OCH3 is 1. The molecule has 154 valence electrons. The van der Waals surface area contributed by atoms with Crippen LogP contribution < -0.4 is 20.2 Å². The number of hydrazone groups is 1. The van der Waals surface area contributed by atoms with Crippen molar-refractivity contribution in [3.63, 3.8) is 0 Å². The molecule has 0 spiro atoms. The minimum absolute atomic E-state index is 0.0295. The maximum absolute atomic E-state index is 12.2. The quantitative estimate of drug-likeness (QED) is 0.459. The molecule has 2 aromatic rings. The third-order valence-corrected chi connectivity index (χ3v) is 4.48. The molecule has 0 saturated heterocycles. The highest BCUT2D eigenvalue weighted by Crippen LogP contribution is 2.26. The number of nitrogens with one attached hydrogen (secondary N) is 2. The standard InChI is InChI=1S/C21H24BrN3O4/c1-13-5-7-18(16(22)9-13)29-12-21(27)25-24-15(3)11-20(26)23-17-10-14(2)6-8-19(17)28-4/h5-10H,11-12H2,1-4H3,(H,23,26)(H,25,27)/b24-15+. The van der Waals surface area contributed by atoms with Crippen LogP contribution in [0.3, 0.4) is 0 Å². The molecule has 2 amide bonds. The molecule has 0 fully saturated rings. The Morgan fingerprint density at radius 1 is 1.03 bits per heavy atom. The molecule has 29 heavy (non-hydrogen) atoms. The van der Waals surface area contributed by atoms with Crippen LogP contribution in [0.2, 0.25) is 0 Å². The maximum atomic E-state index is 12.2. The molecule has 0 aromatic heterocycles. The van der Waals surface area contributed by atoms with E-state index in [1.54, 1.807) is 26.2 Å². The second-order valence-electron chi connectivity index (χ2n) is 6.53. The summed E-state index contributed by atoms with van der Waals surface area (Å²) in [5.41, 5.74) is 5.51. The van der Waals surface area contributed by atoms with E-state index in [9.17, 15) is 9.59 Å². The first kappa shape index (κ1) is 22.4. The monoisotopic (exact) mass is 461 g/mol. The number of hydrogen-bond donors (Lipinski definition) is 2. The van der Waals surface area contributed by atoms with Gasteiger partial charge in [0.05, 0.1) is 23.7 Å². The SMILES string of the molecule is COc1ccc(C)cc1NC(=O)C/C(C)=N/NC(=O)COc1ccc(C)cc1Br. The fraction of sp³-hybridized carbons (Fsp3) is 0.286. The van der Waals surface area contributed by atoms with E-state index in [-0.39, 0.29) is 18.9 Å². The van der Waals surface area contributed by atoms with Gasteiger partial charge in [-0.3, -0.25) is 9.59 Å². The summed E-state index contributed by atoms with van der Waals surface area (Å²) in [6.07, 6.45) is 0.0295. The van der Waals surface area contributed by atoms with Crippen LogP contribution in [-0.4, -0.2) is 31.2 Å². The van der Waals surface area contributed by atoms with Gasteiger partial charge in [0.15, 0.2) is 6.61 Å². The first-order valence-electron chi connectivity index (χ1n) is 8.94. The predicted octanol–water partition coefficient (Wildman–Crippen LogP) is 3.97. The highest BCUT2D eigenvalue weighted by atomic mass is 79.9. The van der Waals surface area contributed by atoms with Crippen molar-refractivity contribution in [2.45, 2.75) is 27.2 Å². The van der Waals surface area contributed by atoms with Crippen LogP contribution in [0, 0.1) is 13.8 Å². The van der Waals surface area contributed by atoms with Gasteiger partial charge in [-0.1, -0.05) is 12.1 Å². The zero-order valence-electron chi connectivity index (χ0n) is 16.8. The van der Waals surface area contributed by atoms with E-state index < -0.39 is 5.91 Å². The molecule has 0 aliphatic rings. The predicted molar refractivity (Wildman–Crippen MR) is 117 cm³/mol. The first-order valence-corrected chi connectivity index (χ1v) is 9.73. The second kappa shape index (κ2) is 10.6. The molecule has 2 rings (SSSR count). The van der Waals surface area contributed by atoms with E-state index in [1.807, 2.05) is 38.1 Å². The number of aryl methyl sites for hydroxylation is 2. The molecular weight excluding hydrogens is 438 g/mol. The van der Waals surface area contributed by atoms with Gasteiger partial charge < -0.3 is 14.8 Å². The van der Waals surface area contributed by atoms with Crippen LogP contribution in [0.15, 0.2) is 46.0 Å². The zero-order chi connectivity index (χ0) is 21.4. The molecule has 0 radical (unpaired) electrons. The normalized spacial score (nSPS) is 11.0. The molecule has 0 unspecified atom stereocenters. The third kappa shape index (κ3) is 7.23. The number of carbonyl (C=O) groups excluding carboxylic acids is 2. The molecule has 0 heterocycles. The van der Waals surface area contributed by atoms with E-state index in [4.69, 9.17) is 9.47 Å². The molecular formula is C21H24BrN3O4. The van der Waals surface area contributed by atoms with E-state index in [2.05, 4.69) is 31.8 Å². The van der Waals surface area contributed by atoms with Gasteiger partial charge in [0.1, 0.15) is 11.5 Å². The highest BCUT2D eigenvalue weighted by Gasteiger charge is 2.10. The lowest BCUT2D eigenvalue weighted by Gasteiger charge is -2.11. The number of ether oxygens (including phenoxy) is 2. The summed E-state index contributed by atoms with van der Waals surface area (Å²) in [5, 5.41) is 6.74. The Morgan fingerprint density at radius 3 is 2.34 bits per heavy atom. The van der Waals surface area contributed by atoms with Crippen LogP contribution in [0.1, 0.15) is 24.5 Å². The van der Waals surface area contributed by atoms with Crippen molar-refractivity contribution in [1.29, 1.82) is 0 Å². The van der Waals surface area contributed by atoms with Gasteiger partial charge in [-0.05, 0) is 72.1 Å². The molecule has 8 heteroatoms. The van der Waals surface area contributed by atoms with Crippen molar-refractivity contribution in [3.05, 3.63) is 52.0 Å². The summed E-state index contributed by atoms with van der Waals surface area (Å²) in [5.74, 6) is 0.464. The fourth-order valence-electron chi connectivity index (χ4n) is 2.44. The van der Waals surface area contributed by atoms with Crippen LogP contribution in [0.4, 0.5) is 5.69 Å². The Hall–Kier alpha value is -2.87. The lowest BCUT2D eigenvalue weighted by atomic mass is 10.2. The Kier molecular flexibility index (Phi) is 8.21. The molecule has 7 nitrogen and oxygen atoms in total. The van der Waals surface area contributed by atoms with Crippen LogP contribution in [0.25, 0.3) is 0 Å². The topological polar surface area (TPSA) is 89.0 Å². The van der Waals surface area contributed by atoms with Gasteiger partial charge in [0.25, 0.3) is 5.91 Å². The molecule has 0 saturated carbocycles. The van der Waals surface area contributed by atoms with Gasteiger partial charge in [-0.15, -0.1) is 0 Å². The van der Waals surface area contributed by atoms with Crippen molar-refractivity contribution in [1.82, 2.24) is 5.43 Å². The largest absolute Gasteiger partial charge is 0.495 e. The van der Waals surface area contributed by atoms with Gasteiger partial charge in [0, 0.05) is 5.71 Å². The zero-order valence-corrected chi connectivity index (χ0v) is 18.4. The number of nitrogens with zero attached hydrogens (tertiary/aromatic N) is 1. The Morgan fingerprint density at radius 2 is 1.69 bits per heavy atom. The average Bonchev–Trinajstić information content (AvgIpc) is 2.65. The Labute approximate surface area is 178 Å². The second-order valence-corrected chi connectivity index (χ2v) is 7.39. The van der Waals surface area contributed by atoms with E-state index >= 15 is 0 Å². The number of anilines is 1. The fourth-order valence-corrected chi connectivity index (χ4v) is 3.05. The summed E-state index contributed by atoms with van der Waals surface area (Å²) < 4.78 is 11.5. The number of rotatable bonds is 8. The van der Waals surface area contributed by atoms with Gasteiger partial charge in [-0.2, -0.15) is 5.10 Å². The number of carbonyl (C=O) groups is 2. The molecule has 2 N–H and O–H groups in total. The van der Waals surface area contributed by atoms with Crippen LogP contribution >= 0.6 is 15.9 Å². The summed E-state index contributed by atoms with van der Waals surface area (Å²) in [7, 11) is 1.54. The maximum Gasteiger partial charge on any atom is 0.277 e. The average molecular weight is 462 g/mol. The summed E-state index contributed by atoms with van der Waals surface area (Å²) in [6.45, 7) is 5.36. The number of halogens is 1. The summed E-state index contributed by atoms with van der Waals surface area (Å²) >= 11 is 3.39. The molecule has 2 aromatic carbocycles. The van der Waals surface area contributed by atoms with Crippen molar-refractivity contribution in [2.75, 3.05) is 19.0 Å². The number of amides is 2. The van der Waals surface area contributed by atoms with Crippen LogP contribution in [-0.2, 0) is 9.59 Å². The lowest BCUT2D eigenvalue weighted by Crippen LogP contribution is -2.26. The Bertz CT molecular complexity index is 928.